The summed E-state index contributed by atoms with van der Waals surface area (Å²) in [7, 11) is 1.65. The van der Waals surface area contributed by atoms with E-state index in [1.165, 1.54) is 12.1 Å². The molecule has 0 unspecified atom stereocenters. The normalized spacial score (nSPS) is 11.5. The molecule has 0 aliphatic rings. The Bertz CT molecular complexity index is 864. The minimum Gasteiger partial charge on any atom is -0.356 e. The molecule has 0 fully saturated rings. The van der Waals surface area contributed by atoms with Crippen molar-refractivity contribution in [3.8, 4) is 0 Å². The smallest absolute Gasteiger partial charge is 0.356 e. The summed E-state index contributed by atoms with van der Waals surface area (Å²) in [6.07, 6.45) is -3.75. The summed E-state index contributed by atoms with van der Waals surface area (Å²) in [4.78, 5) is 18.3. The van der Waals surface area contributed by atoms with Crippen molar-refractivity contribution in [2.24, 2.45) is 4.99 Å². The Balaban J connectivity index is 0.00000512. The standard InChI is InChI=1S/C23H29F3N4O.HI/c1-4-30(5-2)21(31)19-10-6-18(7-11-19)16-29-22(27-3)28-15-14-17-8-12-20(13-9-17)23(24,25)26;/h6-13H,4-5,14-16H2,1-3H3,(H2,27,28,29);1H. The number of guanidine groups is 1. The fourth-order valence-corrected chi connectivity index (χ4v) is 3.05. The lowest BCUT2D eigenvalue weighted by molar-refractivity contribution is -0.137. The van der Waals surface area contributed by atoms with Gasteiger partial charge in [-0.25, -0.2) is 0 Å². The molecule has 2 N–H and O–H groups in total. The second-order valence-electron chi connectivity index (χ2n) is 6.97. The molecule has 0 aliphatic heterocycles. The lowest BCUT2D eigenvalue weighted by Gasteiger charge is -2.18. The van der Waals surface area contributed by atoms with E-state index in [-0.39, 0.29) is 29.9 Å². The molecule has 2 rings (SSSR count). The third-order valence-electron chi connectivity index (χ3n) is 4.92. The van der Waals surface area contributed by atoms with Crippen LogP contribution in [0.5, 0.6) is 0 Å². The molecule has 0 saturated carbocycles. The number of aliphatic imine (C=N–C) groups is 1. The molecule has 32 heavy (non-hydrogen) atoms. The van der Waals surface area contributed by atoms with Gasteiger partial charge in [0.25, 0.3) is 5.91 Å². The first-order valence-corrected chi connectivity index (χ1v) is 10.3. The fraction of sp³-hybridized carbons (Fsp3) is 0.391. The highest BCUT2D eigenvalue weighted by Crippen LogP contribution is 2.29. The largest absolute Gasteiger partial charge is 0.416 e. The quantitative estimate of drug-likeness (QED) is 0.279. The van der Waals surface area contributed by atoms with Crippen LogP contribution in [0.2, 0.25) is 0 Å². The number of nitrogens with zero attached hydrogens (tertiary/aromatic N) is 2. The van der Waals surface area contributed by atoms with Gasteiger partial charge in [-0.05, 0) is 55.7 Å². The molecular formula is C23H30F3IN4O. The Morgan fingerprint density at radius 3 is 2.00 bits per heavy atom. The Morgan fingerprint density at radius 2 is 1.50 bits per heavy atom. The maximum absolute atomic E-state index is 12.6. The van der Waals surface area contributed by atoms with Gasteiger partial charge in [0.15, 0.2) is 5.96 Å². The third-order valence-corrected chi connectivity index (χ3v) is 4.92. The number of amides is 1. The van der Waals surface area contributed by atoms with Crippen molar-refractivity contribution in [2.45, 2.75) is 33.0 Å². The molecule has 0 aliphatic carbocycles. The zero-order valence-electron chi connectivity index (χ0n) is 18.5. The van der Waals surface area contributed by atoms with Crippen molar-refractivity contribution in [3.63, 3.8) is 0 Å². The number of halogens is 4. The molecule has 0 radical (unpaired) electrons. The molecule has 1 amide bonds. The van der Waals surface area contributed by atoms with E-state index in [0.29, 0.717) is 44.1 Å². The van der Waals surface area contributed by atoms with Crippen molar-refractivity contribution < 1.29 is 18.0 Å². The average molecular weight is 562 g/mol. The van der Waals surface area contributed by atoms with Gasteiger partial charge in [0.2, 0.25) is 0 Å². The Hall–Kier alpha value is -2.30. The van der Waals surface area contributed by atoms with Gasteiger partial charge in [-0.1, -0.05) is 24.3 Å². The van der Waals surface area contributed by atoms with Crippen LogP contribution in [0, 0.1) is 0 Å². The van der Waals surface area contributed by atoms with Crippen LogP contribution in [-0.4, -0.2) is 43.4 Å². The number of rotatable bonds is 8. The number of alkyl halides is 3. The first-order valence-electron chi connectivity index (χ1n) is 10.3. The average Bonchev–Trinajstić information content (AvgIpc) is 2.77. The highest BCUT2D eigenvalue weighted by atomic mass is 127. The molecule has 0 atom stereocenters. The van der Waals surface area contributed by atoms with E-state index in [1.54, 1.807) is 11.9 Å². The number of carbonyl (C=O) groups is 1. The molecule has 0 spiro atoms. The van der Waals surface area contributed by atoms with Crippen LogP contribution in [0.1, 0.15) is 40.9 Å². The minimum absolute atomic E-state index is 0. The topological polar surface area (TPSA) is 56.7 Å². The lowest BCUT2D eigenvalue weighted by atomic mass is 10.1. The highest BCUT2D eigenvalue weighted by molar-refractivity contribution is 14.0. The van der Waals surface area contributed by atoms with E-state index in [9.17, 15) is 18.0 Å². The number of hydrogen-bond donors (Lipinski definition) is 2. The van der Waals surface area contributed by atoms with Crippen LogP contribution in [0.15, 0.2) is 53.5 Å². The van der Waals surface area contributed by atoms with Gasteiger partial charge in [0.05, 0.1) is 5.56 Å². The summed E-state index contributed by atoms with van der Waals surface area (Å²) in [6, 6.07) is 12.6. The maximum atomic E-state index is 12.6. The molecule has 2 aromatic rings. The summed E-state index contributed by atoms with van der Waals surface area (Å²) in [5, 5.41) is 6.34. The lowest BCUT2D eigenvalue weighted by Crippen LogP contribution is -2.37. The molecule has 176 valence electrons. The molecule has 0 aromatic heterocycles. The SMILES string of the molecule is CCN(CC)C(=O)c1ccc(CNC(=NC)NCCc2ccc(C(F)(F)F)cc2)cc1.I. The van der Waals surface area contributed by atoms with Crippen molar-refractivity contribution in [1.82, 2.24) is 15.5 Å². The molecular weight excluding hydrogens is 532 g/mol. The summed E-state index contributed by atoms with van der Waals surface area (Å²) in [6.45, 7) is 6.31. The predicted molar refractivity (Wildman–Crippen MR) is 132 cm³/mol. The van der Waals surface area contributed by atoms with Gasteiger partial charge < -0.3 is 15.5 Å². The third kappa shape index (κ3) is 8.33. The number of hydrogen-bond acceptors (Lipinski definition) is 2. The first-order chi connectivity index (χ1) is 14.8. The summed E-state index contributed by atoms with van der Waals surface area (Å²) >= 11 is 0. The molecule has 5 nitrogen and oxygen atoms in total. The van der Waals surface area contributed by atoms with Crippen LogP contribution in [0.3, 0.4) is 0 Å². The van der Waals surface area contributed by atoms with E-state index >= 15 is 0 Å². The van der Waals surface area contributed by atoms with Gasteiger partial charge in [-0.2, -0.15) is 13.2 Å². The van der Waals surface area contributed by atoms with E-state index < -0.39 is 11.7 Å². The summed E-state index contributed by atoms with van der Waals surface area (Å²) in [5.74, 6) is 0.612. The van der Waals surface area contributed by atoms with Crippen molar-refractivity contribution in [3.05, 3.63) is 70.8 Å². The minimum atomic E-state index is -4.32. The van der Waals surface area contributed by atoms with E-state index in [4.69, 9.17) is 0 Å². The zero-order chi connectivity index (χ0) is 22.9. The van der Waals surface area contributed by atoms with Crippen LogP contribution in [0.4, 0.5) is 13.2 Å². The second-order valence-corrected chi connectivity index (χ2v) is 6.97. The molecule has 0 saturated heterocycles. The molecule has 0 bridgehead atoms. The zero-order valence-corrected chi connectivity index (χ0v) is 20.8. The molecule has 9 heteroatoms. The first kappa shape index (κ1) is 27.7. The Morgan fingerprint density at radius 1 is 0.938 bits per heavy atom. The van der Waals surface area contributed by atoms with Crippen LogP contribution in [-0.2, 0) is 19.1 Å². The monoisotopic (exact) mass is 562 g/mol. The van der Waals surface area contributed by atoms with Gasteiger partial charge in [0.1, 0.15) is 0 Å². The molecule has 2 aromatic carbocycles. The van der Waals surface area contributed by atoms with Crippen LogP contribution in [0.25, 0.3) is 0 Å². The van der Waals surface area contributed by atoms with Crippen molar-refractivity contribution in [1.29, 1.82) is 0 Å². The van der Waals surface area contributed by atoms with E-state index in [0.717, 1.165) is 23.3 Å². The van der Waals surface area contributed by atoms with Crippen molar-refractivity contribution >= 4 is 35.8 Å². The van der Waals surface area contributed by atoms with Crippen LogP contribution < -0.4 is 10.6 Å². The van der Waals surface area contributed by atoms with Gasteiger partial charge in [-0.3, -0.25) is 9.79 Å². The Kier molecular flexibility index (Phi) is 11.5. The van der Waals surface area contributed by atoms with Crippen LogP contribution >= 0.6 is 24.0 Å². The van der Waals surface area contributed by atoms with Gasteiger partial charge in [-0.15, -0.1) is 24.0 Å². The maximum Gasteiger partial charge on any atom is 0.416 e. The van der Waals surface area contributed by atoms with Gasteiger partial charge in [0, 0.05) is 38.8 Å². The number of nitrogens with one attached hydrogen (secondary N) is 2. The summed E-state index contributed by atoms with van der Waals surface area (Å²) in [5.41, 5.74) is 1.82. The Labute approximate surface area is 204 Å². The van der Waals surface area contributed by atoms with E-state index in [1.807, 2.05) is 38.1 Å². The highest BCUT2D eigenvalue weighted by Gasteiger charge is 2.29. The number of benzene rings is 2. The fourth-order valence-electron chi connectivity index (χ4n) is 3.05. The molecule has 0 heterocycles. The van der Waals surface area contributed by atoms with Crippen molar-refractivity contribution in [2.75, 3.05) is 26.7 Å². The second kappa shape index (κ2) is 13.3. The van der Waals surface area contributed by atoms with E-state index in [2.05, 4.69) is 15.6 Å². The van der Waals surface area contributed by atoms with Gasteiger partial charge >= 0.3 is 6.18 Å². The summed E-state index contributed by atoms with van der Waals surface area (Å²) < 4.78 is 37.9. The predicted octanol–water partition coefficient (Wildman–Crippen LogP) is 4.71. The number of carbonyl (C=O) groups excluding carboxylic acids is 1.